The van der Waals surface area contributed by atoms with Crippen LogP contribution in [0.2, 0.25) is 0 Å². The molecule has 0 aliphatic rings. The molecule has 0 atom stereocenters. The molecule has 1 aromatic rings. The number of ether oxygens (including phenoxy) is 5. The van der Waals surface area contributed by atoms with Crippen LogP contribution < -0.4 is 15.4 Å². The highest BCUT2D eigenvalue weighted by Crippen LogP contribution is 2.15. The van der Waals surface area contributed by atoms with Crippen LogP contribution in [0.15, 0.2) is 24.3 Å². The van der Waals surface area contributed by atoms with Gasteiger partial charge in [-0.15, -0.1) is 0 Å². The Morgan fingerprint density at radius 1 is 1.00 bits per heavy atom. The van der Waals surface area contributed by atoms with Crippen molar-refractivity contribution in [1.82, 2.24) is 5.32 Å². The summed E-state index contributed by atoms with van der Waals surface area (Å²) in [6, 6.07) is 7.51. The Labute approximate surface area is 148 Å². The zero-order valence-corrected chi connectivity index (χ0v) is 15.2. The molecule has 0 aromatic heterocycles. The quantitative estimate of drug-likeness (QED) is 0.332. The van der Waals surface area contributed by atoms with E-state index in [2.05, 4.69) is 10.6 Å². The van der Waals surface area contributed by atoms with Crippen molar-refractivity contribution < 1.29 is 23.7 Å². The van der Waals surface area contributed by atoms with Crippen LogP contribution in [0.1, 0.15) is 0 Å². The lowest BCUT2D eigenvalue weighted by Gasteiger charge is -2.16. The smallest absolute Gasteiger partial charge is 0.174 e. The Balaban J connectivity index is 2.25. The van der Waals surface area contributed by atoms with Crippen molar-refractivity contribution in [2.75, 3.05) is 59.6 Å². The monoisotopic (exact) mass is 358 g/mol. The number of thiocarbonyl (C=S) groups is 1. The summed E-state index contributed by atoms with van der Waals surface area (Å²) in [5.74, 6) is 0.772. The first-order valence-electron chi connectivity index (χ1n) is 7.59. The first-order chi connectivity index (χ1) is 11.7. The molecule has 7 nitrogen and oxygen atoms in total. The van der Waals surface area contributed by atoms with E-state index in [0.29, 0.717) is 38.1 Å². The van der Waals surface area contributed by atoms with Gasteiger partial charge in [0.25, 0.3) is 0 Å². The summed E-state index contributed by atoms with van der Waals surface area (Å²) < 4.78 is 26.0. The number of hydrogen-bond acceptors (Lipinski definition) is 6. The van der Waals surface area contributed by atoms with Crippen LogP contribution in [0.3, 0.4) is 0 Å². The lowest BCUT2D eigenvalue weighted by atomic mass is 10.3. The second-order valence-electron chi connectivity index (χ2n) is 4.71. The summed E-state index contributed by atoms with van der Waals surface area (Å²) in [6.07, 6.45) is -0.341. The molecule has 0 bridgehead atoms. The maximum Gasteiger partial charge on any atom is 0.174 e. The summed E-state index contributed by atoms with van der Waals surface area (Å²) in [5.41, 5.74) is 0.863. The van der Waals surface area contributed by atoms with E-state index in [1.165, 1.54) is 0 Å². The molecular weight excluding hydrogens is 332 g/mol. The lowest BCUT2D eigenvalue weighted by Crippen LogP contribution is -2.36. The Bertz CT molecular complexity index is 454. The Morgan fingerprint density at radius 3 is 2.29 bits per heavy atom. The number of methoxy groups -OCH3 is 3. The fourth-order valence-corrected chi connectivity index (χ4v) is 1.91. The van der Waals surface area contributed by atoms with E-state index in [-0.39, 0.29) is 6.29 Å². The fourth-order valence-electron chi connectivity index (χ4n) is 1.71. The maximum atomic E-state index is 5.58. The molecule has 1 rings (SSSR count). The van der Waals surface area contributed by atoms with Crippen molar-refractivity contribution >= 4 is 23.0 Å². The van der Waals surface area contributed by atoms with Gasteiger partial charge in [-0.1, -0.05) is 0 Å². The number of anilines is 1. The molecule has 0 saturated heterocycles. The first kappa shape index (κ1) is 20.6. The summed E-state index contributed by atoms with van der Waals surface area (Å²) in [7, 11) is 4.80. The molecular formula is C16H26N2O5S. The Kier molecular flexibility index (Phi) is 11.1. The van der Waals surface area contributed by atoms with Gasteiger partial charge in [-0.2, -0.15) is 0 Å². The number of hydrogen-bond donors (Lipinski definition) is 2. The van der Waals surface area contributed by atoms with Crippen molar-refractivity contribution in [3.63, 3.8) is 0 Å². The van der Waals surface area contributed by atoms with E-state index in [1.54, 1.807) is 21.3 Å². The maximum absolute atomic E-state index is 5.58. The molecule has 0 saturated carbocycles. The normalized spacial score (nSPS) is 10.7. The minimum atomic E-state index is -0.341. The molecule has 0 heterocycles. The molecule has 0 amide bonds. The average Bonchev–Trinajstić information content (AvgIpc) is 2.60. The minimum Gasteiger partial charge on any atom is -0.491 e. The SMILES string of the molecule is COCCOCCOc1ccc(NC(=S)NCC(OC)OC)cc1. The predicted molar refractivity (Wildman–Crippen MR) is 96.7 cm³/mol. The largest absolute Gasteiger partial charge is 0.491 e. The molecule has 0 spiro atoms. The third kappa shape index (κ3) is 8.99. The van der Waals surface area contributed by atoms with Gasteiger partial charge in [0.15, 0.2) is 11.4 Å². The van der Waals surface area contributed by atoms with Crippen molar-refractivity contribution in [3.05, 3.63) is 24.3 Å². The molecule has 0 unspecified atom stereocenters. The summed E-state index contributed by atoms with van der Waals surface area (Å²) in [4.78, 5) is 0. The zero-order valence-electron chi connectivity index (χ0n) is 14.4. The van der Waals surface area contributed by atoms with Crippen molar-refractivity contribution in [2.45, 2.75) is 6.29 Å². The van der Waals surface area contributed by atoms with Gasteiger partial charge >= 0.3 is 0 Å². The van der Waals surface area contributed by atoms with Gasteiger partial charge in [0, 0.05) is 27.0 Å². The molecule has 1 aromatic carbocycles. The molecule has 0 radical (unpaired) electrons. The van der Waals surface area contributed by atoms with Crippen molar-refractivity contribution in [1.29, 1.82) is 0 Å². The Hall–Kier alpha value is -1.45. The highest BCUT2D eigenvalue weighted by molar-refractivity contribution is 7.80. The standard InChI is InChI=1S/C16H26N2O5S/c1-19-8-9-22-10-11-23-14-6-4-13(5-7-14)18-16(24)17-12-15(20-2)21-3/h4-7,15H,8-12H2,1-3H3,(H2,17,18,24). The lowest BCUT2D eigenvalue weighted by molar-refractivity contribution is -0.0964. The van der Waals surface area contributed by atoms with Crippen LogP contribution in [0.25, 0.3) is 0 Å². The average molecular weight is 358 g/mol. The molecule has 0 aliphatic carbocycles. The van der Waals surface area contributed by atoms with Gasteiger partial charge in [-0.25, -0.2) is 0 Å². The predicted octanol–water partition coefficient (Wildman–Crippen LogP) is 1.63. The van der Waals surface area contributed by atoms with E-state index in [9.17, 15) is 0 Å². The van der Waals surface area contributed by atoms with Crippen molar-refractivity contribution in [2.24, 2.45) is 0 Å². The van der Waals surface area contributed by atoms with Gasteiger partial charge < -0.3 is 34.3 Å². The molecule has 136 valence electrons. The van der Waals surface area contributed by atoms with Gasteiger partial charge in [-0.3, -0.25) is 0 Å². The summed E-state index contributed by atoms with van der Waals surface area (Å²) >= 11 is 5.21. The number of nitrogens with one attached hydrogen (secondary N) is 2. The summed E-state index contributed by atoms with van der Waals surface area (Å²) in [5, 5.41) is 6.59. The first-order valence-corrected chi connectivity index (χ1v) is 8.00. The van der Waals surface area contributed by atoms with E-state index < -0.39 is 0 Å². The second kappa shape index (κ2) is 12.9. The van der Waals surface area contributed by atoms with Gasteiger partial charge in [0.2, 0.25) is 0 Å². The molecule has 0 aliphatic heterocycles. The van der Waals surface area contributed by atoms with Crippen LogP contribution in [-0.2, 0) is 18.9 Å². The molecule has 24 heavy (non-hydrogen) atoms. The molecule has 8 heteroatoms. The van der Waals surface area contributed by atoms with Crippen LogP contribution in [0.4, 0.5) is 5.69 Å². The highest BCUT2D eigenvalue weighted by Gasteiger charge is 2.05. The van der Waals surface area contributed by atoms with E-state index >= 15 is 0 Å². The highest BCUT2D eigenvalue weighted by atomic mass is 32.1. The van der Waals surface area contributed by atoms with E-state index in [4.69, 9.17) is 35.9 Å². The van der Waals surface area contributed by atoms with Gasteiger partial charge in [-0.05, 0) is 36.5 Å². The fraction of sp³-hybridized carbons (Fsp3) is 0.562. The van der Waals surface area contributed by atoms with E-state index in [0.717, 1.165) is 11.4 Å². The summed E-state index contributed by atoms with van der Waals surface area (Å²) in [6.45, 7) is 2.64. The van der Waals surface area contributed by atoms with E-state index in [1.807, 2.05) is 24.3 Å². The zero-order chi connectivity index (χ0) is 17.6. The number of benzene rings is 1. The number of rotatable bonds is 12. The van der Waals surface area contributed by atoms with Crippen LogP contribution in [0, 0.1) is 0 Å². The molecule has 2 N–H and O–H groups in total. The molecule has 0 fully saturated rings. The third-order valence-electron chi connectivity index (χ3n) is 3.00. The Morgan fingerprint density at radius 2 is 1.67 bits per heavy atom. The third-order valence-corrected chi connectivity index (χ3v) is 3.24. The van der Waals surface area contributed by atoms with Gasteiger partial charge in [0.1, 0.15) is 12.4 Å². The van der Waals surface area contributed by atoms with Crippen LogP contribution in [-0.4, -0.2) is 65.7 Å². The van der Waals surface area contributed by atoms with Crippen LogP contribution >= 0.6 is 12.2 Å². The second-order valence-corrected chi connectivity index (χ2v) is 5.12. The topological polar surface area (TPSA) is 70.2 Å². The minimum absolute atomic E-state index is 0.341. The van der Waals surface area contributed by atoms with Gasteiger partial charge in [0.05, 0.1) is 26.4 Å². The van der Waals surface area contributed by atoms with Crippen LogP contribution in [0.5, 0.6) is 5.75 Å². The van der Waals surface area contributed by atoms with Crippen molar-refractivity contribution in [3.8, 4) is 5.75 Å².